The van der Waals surface area contributed by atoms with E-state index in [1.54, 1.807) is 13.2 Å². The minimum Gasteiger partial charge on any atom is -0.497 e. The van der Waals surface area contributed by atoms with Crippen LogP contribution in [0.3, 0.4) is 0 Å². The Morgan fingerprint density at radius 2 is 0.875 bits per heavy atom. The second-order valence-corrected chi connectivity index (χ2v) is 18.0. The van der Waals surface area contributed by atoms with Crippen molar-refractivity contribution < 1.29 is 38.1 Å². The summed E-state index contributed by atoms with van der Waals surface area (Å²) in [5, 5.41) is 11.1. The highest BCUT2D eigenvalue weighted by molar-refractivity contribution is 5.90. The van der Waals surface area contributed by atoms with Crippen LogP contribution in [0.1, 0.15) is 158 Å². The summed E-state index contributed by atoms with van der Waals surface area (Å²) in [5.41, 5.74) is 6.49. The molecule has 5 aromatic carbocycles. The van der Waals surface area contributed by atoms with Crippen LogP contribution in [0.5, 0.6) is 34.5 Å². The Morgan fingerprint density at radius 3 is 1.31 bits per heavy atom. The molecule has 10 heteroatoms. The maximum atomic E-state index is 13.0. The molecule has 0 saturated heterocycles. The normalized spacial score (nSPS) is 11.4. The van der Waals surface area contributed by atoms with Crippen LogP contribution in [-0.4, -0.2) is 44.4 Å². The van der Waals surface area contributed by atoms with Gasteiger partial charge in [-0.3, -0.25) is 10.1 Å². The van der Waals surface area contributed by atoms with Crippen LogP contribution in [0.2, 0.25) is 0 Å². The minimum absolute atomic E-state index is 0.0859. The molecule has 0 radical (unpaired) electrons. The first-order chi connectivity index (χ1) is 35.2. The molecule has 0 amide bonds. The number of non-ortho nitro benzene ring substituents is 1. The number of carbonyl (C=O) groups is 1. The summed E-state index contributed by atoms with van der Waals surface area (Å²) >= 11 is 0. The molecule has 0 saturated carbocycles. The molecule has 0 aliphatic rings. The standard InChI is InChI=1S/C62H77NO9/c1-6-10-14-18-40-68-58-45-53(32-39-62(64)72-56-37-33-54(34-38-56)63(65)66)59(69-41-19-15-11-7-2)44-51(58)28-26-48-22-24-49(25-23-48)27-29-52-46-61(71-43-21-17-13-9-4)57(50-30-35-55(67-5)36-31-50)47-60(52)70-42-20-16-12-8-3/h22-39,44-47H,6-21,40-43H2,1-5H3/b28-26+,29-27+,39-32+. The van der Waals surface area contributed by atoms with Crippen LogP contribution in [-0.2, 0) is 4.79 Å². The third-order valence-electron chi connectivity index (χ3n) is 12.2. The Balaban J connectivity index is 1.42. The van der Waals surface area contributed by atoms with E-state index >= 15 is 0 Å². The average molecular weight is 980 g/mol. The smallest absolute Gasteiger partial charge is 0.336 e. The number of esters is 1. The maximum Gasteiger partial charge on any atom is 0.336 e. The molecule has 0 heterocycles. The number of unbranched alkanes of at least 4 members (excludes halogenated alkanes) is 12. The van der Waals surface area contributed by atoms with E-state index in [-0.39, 0.29) is 11.4 Å². The number of benzene rings is 5. The number of ether oxygens (including phenoxy) is 6. The molecule has 0 N–H and O–H groups in total. The molecule has 0 atom stereocenters. The van der Waals surface area contributed by atoms with Crippen molar-refractivity contribution in [2.24, 2.45) is 0 Å². The Bertz CT molecular complexity index is 2470. The van der Waals surface area contributed by atoms with E-state index in [9.17, 15) is 14.9 Å². The number of hydrogen-bond donors (Lipinski definition) is 0. The molecule has 10 nitrogen and oxygen atoms in total. The third-order valence-corrected chi connectivity index (χ3v) is 12.2. The lowest BCUT2D eigenvalue weighted by Crippen LogP contribution is -2.05. The van der Waals surface area contributed by atoms with Gasteiger partial charge in [-0.1, -0.05) is 165 Å². The zero-order valence-corrected chi connectivity index (χ0v) is 43.5. The SMILES string of the molecule is CCCCCCOc1cc(/C=C/c2ccc(/C=C/c3cc(OCCCCCC)c(-c4ccc(OC)cc4)cc3OCCCCCC)cc2)c(OCCCCCC)cc1/C=C/C(=O)Oc1ccc([N+](=O)[O-])cc1. The first kappa shape index (κ1) is 56.1. The van der Waals surface area contributed by atoms with Crippen molar-refractivity contribution in [3.8, 4) is 45.6 Å². The van der Waals surface area contributed by atoms with Gasteiger partial charge in [0, 0.05) is 40.5 Å². The lowest BCUT2D eigenvalue weighted by Gasteiger charge is -2.17. The quantitative estimate of drug-likeness (QED) is 0.00755. The second-order valence-electron chi connectivity index (χ2n) is 18.0. The topological polar surface area (TPSA) is 116 Å². The van der Waals surface area contributed by atoms with Crippen LogP contribution in [0.25, 0.3) is 41.5 Å². The fourth-order valence-corrected chi connectivity index (χ4v) is 7.93. The van der Waals surface area contributed by atoms with E-state index < -0.39 is 10.9 Å². The van der Waals surface area contributed by atoms with Gasteiger partial charge in [-0.2, -0.15) is 0 Å². The van der Waals surface area contributed by atoms with E-state index in [0.717, 1.165) is 128 Å². The molecule has 0 aromatic heterocycles. The molecule has 0 spiro atoms. The second kappa shape index (κ2) is 32.2. The number of nitro groups is 1. The number of rotatable bonds is 34. The van der Waals surface area contributed by atoms with Crippen molar-refractivity contribution in [3.63, 3.8) is 0 Å². The van der Waals surface area contributed by atoms with Gasteiger partial charge in [-0.15, -0.1) is 0 Å². The van der Waals surface area contributed by atoms with Crippen molar-refractivity contribution in [2.75, 3.05) is 33.5 Å². The summed E-state index contributed by atoms with van der Waals surface area (Å²) in [4.78, 5) is 23.6. The zero-order valence-electron chi connectivity index (χ0n) is 43.5. The van der Waals surface area contributed by atoms with Crippen LogP contribution in [0, 0.1) is 10.1 Å². The van der Waals surface area contributed by atoms with Crippen molar-refractivity contribution in [3.05, 3.63) is 141 Å². The summed E-state index contributed by atoms with van der Waals surface area (Å²) in [7, 11) is 1.68. The molecule has 0 aliphatic heterocycles. The summed E-state index contributed by atoms with van der Waals surface area (Å²) in [6.45, 7) is 11.2. The Kier molecular flexibility index (Phi) is 25.1. The first-order valence-corrected chi connectivity index (χ1v) is 26.4. The van der Waals surface area contributed by atoms with Gasteiger partial charge in [0.15, 0.2) is 0 Å². The van der Waals surface area contributed by atoms with E-state index in [1.807, 2.05) is 30.3 Å². The van der Waals surface area contributed by atoms with Crippen LogP contribution in [0.4, 0.5) is 5.69 Å². The number of nitrogens with zero attached hydrogens (tertiary/aromatic N) is 1. The van der Waals surface area contributed by atoms with Gasteiger partial charge >= 0.3 is 5.97 Å². The fraction of sp³-hybridized carbons (Fsp3) is 0.403. The van der Waals surface area contributed by atoms with Gasteiger partial charge in [-0.05, 0) is 97.0 Å². The summed E-state index contributed by atoms with van der Waals surface area (Å²) in [5.74, 6) is 3.34. The number of hydrogen-bond acceptors (Lipinski definition) is 9. The Morgan fingerprint density at radius 1 is 0.472 bits per heavy atom. The van der Waals surface area contributed by atoms with Crippen molar-refractivity contribution in [1.29, 1.82) is 0 Å². The molecular formula is C62H77NO9. The van der Waals surface area contributed by atoms with Gasteiger partial charge in [0.1, 0.15) is 34.5 Å². The van der Waals surface area contributed by atoms with E-state index in [4.69, 9.17) is 28.4 Å². The predicted octanol–water partition coefficient (Wildman–Crippen LogP) is 17.1. The average Bonchev–Trinajstić information content (AvgIpc) is 3.40. The van der Waals surface area contributed by atoms with E-state index in [1.165, 1.54) is 56.0 Å². The van der Waals surface area contributed by atoms with Crippen LogP contribution in [0.15, 0.2) is 103 Å². The third kappa shape index (κ3) is 19.4. The molecule has 384 valence electrons. The van der Waals surface area contributed by atoms with Gasteiger partial charge in [0.25, 0.3) is 5.69 Å². The summed E-state index contributed by atoms with van der Waals surface area (Å²) < 4.78 is 36.8. The largest absolute Gasteiger partial charge is 0.497 e. The molecule has 5 rings (SSSR count). The number of carbonyl (C=O) groups excluding carboxylic acids is 1. The monoisotopic (exact) mass is 980 g/mol. The Labute approximate surface area is 429 Å². The summed E-state index contributed by atoms with van der Waals surface area (Å²) in [6, 6.07) is 30.1. The minimum atomic E-state index is -0.622. The van der Waals surface area contributed by atoms with Crippen molar-refractivity contribution >= 4 is 42.0 Å². The first-order valence-electron chi connectivity index (χ1n) is 26.4. The molecule has 0 unspecified atom stereocenters. The predicted molar refractivity (Wildman–Crippen MR) is 295 cm³/mol. The van der Waals surface area contributed by atoms with Gasteiger partial charge in [0.05, 0.1) is 38.5 Å². The highest BCUT2D eigenvalue weighted by Gasteiger charge is 2.15. The number of methoxy groups -OCH3 is 1. The van der Waals surface area contributed by atoms with Gasteiger partial charge in [-0.25, -0.2) is 4.79 Å². The van der Waals surface area contributed by atoms with Crippen molar-refractivity contribution in [2.45, 2.75) is 130 Å². The number of nitro benzene ring substituents is 1. The molecule has 72 heavy (non-hydrogen) atoms. The molecule has 0 fully saturated rings. The Hall–Kier alpha value is -6.81. The van der Waals surface area contributed by atoms with Crippen LogP contribution >= 0.6 is 0 Å². The molecule has 0 aliphatic carbocycles. The fourth-order valence-electron chi connectivity index (χ4n) is 7.93. The zero-order chi connectivity index (χ0) is 51.2. The van der Waals surface area contributed by atoms with Gasteiger partial charge in [0.2, 0.25) is 0 Å². The lowest BCUT2D eigenvalue weighted by molar-refractivity contribution is -0.384. The van der Waals surface area contributed by atoms with E-state index in [0.29, 0.717) is 43.5 Å². The maximum absolute atomic E-state index is 13.0. The lowest BCUT2D eigenvalue weighted by atomic mass is 10.0. The van der Waals surface area contributed by atoms with Gasteiger partial charge < -0.3 is 28.4 Å². The summed E-state index contributed by atoms with van der Waals surface area (Å²) in [6.07, 6.45) is 28.8. The molecule has 5 aromatic rings. The highest BCUT2D eigenvalue weighted by Crippen LogP contribution is 2.39. The molecule has 0 bridgehead atoms. The molecular weight excluding hydrogens is 903 g/mol. The van der Waals surface area contributed by atoms with Crippen molar-refractivity contribution in [1.82, 2.24) is 0 Å². The van der Waals surface area contributed by atoms with E-state index in [2.05, 4.69) is 94.5 Å². The van der Waals surface area contributed by atoms with Crippen LogP contribution < -0.4 is 28.4 Å². The highest BCUT2D eigenvalue weighted by atomic mass is 16.6.